The van der Waals surface area contributed by atoms with Crippen molar-refractivity contribution in [1.29, 1.82) is 0 Å². The summed E-state index contributed by atoms with van der Waals surface area (Å²) in [6.07, 6.45) is 3.50. The molecule has 1 aromatic carbocycles. The summed E-state index contributed by atoms with van der Waals surface area (Å²) in [5.74, 6) is 0.376. The summed E-state index contributed by atoms with van der Waals surface area (Å²) in [5.41, 5.74) is 1.01. The molecule has 1 unspecified atom stereocenters. The highest BCUT2D eigenvalue weighted by Gasteiger charge is 2.52. The number of carbonyl (C=O) groups is 3. The lowest BCUT2D eigenvalue weighted by molar-refractivity contribution is -0.144. The highest BCUT2D eigenvalue weighted by atomic mass is 35.5. The van der Waals surface area contributed by atoms with E-state index in [2.05, 4.69) is 0 Å². The summed E-state index contributed by atoms with van der Waals surface area (Å²) in [4.78, 5) is 39.8. The first-order chi connectivity index (χ1) is 11.5. The first kappa shape index (κ1) is 15.6. The summed E-state index contributed by atoms with van der Waals surface area (Å²) in [5, 5.41) is 0.654. The summed E-state index contributed by atoms with van der Waals surface area (Å²) in [6.45, 7) is 0.296. The molecular formula is C18H19ClN2O3. The Morgan fingerprint density at radius 3 is 2.33 bits per heavy atom. The number of fused-ring (bicyclic) bond motifs is 1. The fourth-order valence-corrected chi connectivity index (χ4v) is 4.36. The molecule has 1 atom stereocenters. The Balaban J connectivity index is 1.47. The standard InChI is InChI=1S/C18H19ClN2O3/c19-14-3-1-11(2-4-14)5-6-20-16(22)10-17(23)21(18(20)24)15-9-12-7-13(15)8-12/h1-4,12-13,15H,5-10H2. The number of barbiturate groups is 1. The summed E-state index contributed by atoms with van der Waals surface area (Å²) >= 11 is 5.87. The number of nitrogens with zero attached hydrogens (tertiary/aromatic N) is 2. The monoisotopic (exact) mass is 346 g/mol. The molecule has 4 aliphatic rings. The van der Waals surface area contributed by atoms with E-state index in [4.69, 9.17) is 11.6 Å². The van der Waals surface area contributed by atoms with Crippen molar-refractivity contribution >= 4 is 29.4 Å². The maximum atomic E-state index is 12.8. The minimum Gasteiger partial charge on any atom is -0.274 e. The van der Waals surface area contributed by atoms with Gasteiger partial charge in [-0.2, -0.15) is 0 Å². The molecule has 24 heavy (non-hydrogen) atoms. The van der Waals surface area contributed by atoms with Crippen molar-refractivity contribution in [2.45, 2.75) is 38.1 Å². The van der Waals surface area contributed by atoms with Gasteiger partial charge >= 0.3 is 6.03 Å². The third-order valence-corrected chi connectivity index (χ3v) is 5.82. The molecule has 126 valence electrons. The maximum absolute atomic E-state index is 12.8. The lowest BCUT2D eigenvalue weighted by atomic mass is 9.84. The number of hydrogen-bond donors (Lipinski definition) is 0. The molecular weight excluding hydrogens is 328 g/mol. The lowest BCUT2D eigenvalue weighted by Gasteiger charge is -2.38. The number of imide groups is 2. The van der Waals surface area contributed by atoms with Gasteiger partial charge in [0, 0.05) is 17.6 Å². The smallest absolute Gasteiger partial charge is 0.274 e. The van der Waals surface area contributed by atoms with Gasteiger partial charge in [0.25, 0.3) is 0 Å². The van der Waals surface area contributed by atoms with Gasteiger partial charge < -0.3 is 0 Å². The Hall–Kier alpha value is -1.88. The highest BCUT2D eigenvalue weighted by molar-refractivity contribution is 6.30. The molecule has 3 aliphatic carbocycles. The lowest BCUT2D eigenvalue weighted by Crippen LogP contribution is -2.59. The Kier molecular flexibility index (Phi) is 3.83. The molecule has 1 aromatic rings. The first-order valence-electron chi connectivity index (χ1n) is 8.44. The van der Waals surface area contributed by atoms with Gasteiger partial charge in [0.05, 0.1) is 0 Å². The second-order valence-corrected chi connectivity index (χ2v) is 7.48. The van der Waals surface area contributed by atoms with Gasteiger partial charge in [0.1, 0.15) is 6.42 Å². The van der Waals surface area contributed by atoms with Crippen LogP contribution >= 0.6 is 11.6 Å². The Morgan fingerprint density at radius 1 is 1.00 bits per heavy atom. The van der Waals surface area contributed by atoms with Crippen LogP contribution in [0.25, 0.3) is 0 Å². The normalized spacial score (nSPS) is 29.2. The van der Waals surface area contributed by atoms with E-state index >= 15 is 0 Å². The van der Waals surface area contributed by atoms with Crippen LogP contribution in [0.15, 0.2) is 24.3 Å². The van der Waals surface area contributed by atoms with E-state index in [9.17, 15) is 14.4 Å². The minimum atomic E-state index is -0.428. The number of benzene rings is 1. The predicted molar refractivity (Wildman–Crippen MR) is 88.3 cm³/mol. The molecule has 1 saturated heterocycles. The van der Waals surface area contributed by atoms with Crippen molar-refractivity contribution < 1.29 is 14.4 Å². The Morgan fingerprint density at radius 2 is 1.71 bits per heavy atom. The van der Waals surface area contributed by atoms with Gasteiger partial charge in [-0.05, 0) is 55.2 Å². The number of halogens is 1. The fraction of sp³-hybridized carbons (Fsp3) is 0.500. The van der Waals surface area contributed by atoms with Crippen LogP contribution in [-0.2, 0) is 16.0 Å². The summed E-state index contributed by atoms with van der Waals surface area (Å²) < 4.78 is 0. The van der Waals surface area contributed by atoms with Gasteiger partial charge in [0.2, 0.25) is 11.8 Å². The van der Waals surface area contributed by atoms with E-state index in [1.807, 2.05) is 12.1 Å². The SMILES string of the molecule is O=C1CC(=O)N(C2CC3CC2C3)C(=O)N1CCc1ccc(Cl)cc1. The number of urea groups is 1. The van der Waals surface area contributed by atoms with Gasteiger partial charge in [-0.1, -0.05) is 23.7 Å². The topological polar surface area (TPSA) is 57.7 Å². The Labute approximate surface area is 145 Å². The first-order valence-corrected chi connectivity index (χ1v) is 8.81. The quantitative estimate of drug-likeness (QED) is 0.788. The average molecular weight is 347 g/mol. The van der Waals surface area contributed by atoms with E-state index in [-0.39, 0.29) is 24.3 Å². The van der Waals surface area contributed by atoms with Gasteiger partial charge in [-0.3, -0.25) is 19.4 Å². The van der Waals surface area contributed by atoms with Crippen molar-refractivity contribution in [3.63, 3.8) is 0 Å². The average Bonchev–Trinajstić information content (AvgIpc) is 3.08. The van der Waals surface area contributed by atoms with E-state index in [0.29, 0.717) is 29.8 Å². The molecule has 0 spiro atoms. The molecule has 4 fully saturated rings. The van der Waals surface area contributed by atoms with Crippen molar-refractivity contribution in [3.8, 4) is 0 Å². The molecule has 6 heteroatoms. The molecule has 3 saturated carbocycles. The molecule has 5 rings (SSSR count). The van der Waals surface area contributed by atoms with E-state index in [1.54, 1.807) is 12.1 Å². The molecule has 1 aliphatic heterocycles. The second-order valence-electron chi connectivity index (χ2n) is 7.05. The van der Waals surface area contributed by atoms with Crippen molar-refractivity contribution in [1.82, 2.24) is 9.80 Å². The highest BCUT2D eigenvalue weighted by Crippen LogP contribution is 2.51. The summed E-state index contributed by atoms with van der Waals surface area (Å²) in [7, 11) is 0. The van der Waals surface area contributed by atoms with Crippen LogP contribution in [0.3, 0.4) is 0 Å². The van der Waals surface area contributed by atoms with Crippen LogP contribution in [0.5, 0.6) is 0 Å². The molecule has 2 bridgehead atoms. The predicted octanol–water partition coefficient (Wildman–Crippen LogP) is 2.86. The van der Waals surface area contributed by atoms with Crippen molar-refractivity contribution in [3.05, 3.63) is 34.9 Å². The fourth-order valence-electron chi connectivity index (χ4n) is 4.24. The third kappa shape index (κ3) is 2.61. The largest absolute Gasteiger partial charge is 0.333 e. The zero-order valence-electron chi connectivity index (χ0n) is 13.3. The number of rotatable bonds is 4. The number of amides is 4. The molecule has 1 heterocycles. The molecule has 0 N–H and O–H groups in total. The van der Waals surface area contributed by atoms with Crippen LogP contribution in [-0.4, -0.2) is 40.2 Å². The Bertz CT molecular complexity index is 697. The van der Waals surface area contributed by atoms with E-state index in [0.717, 1.165) is 24.8 Å². The molecule has 0 radical (unpaired) electrons. The van der Waals surface area contributed by atoms with E-state index in [1.165, 1.54) is 9.80 Å². The van der Waals surface area contributed by atoms with Crippen LogP contribution in [0.4, 0.5) is 4.79 Å². The zero-order valence-corrected chi connectivity index (χ0v) is 14.0. The number of carbonyl (C=O) groups excluding carboxylic acids is 3. The van der Waals surface area contributed by atoms with Crippen molar-refractivity contribution in [2.24, 2.45) is 11.8 Å². The summed E-state index contributed by atoms with van der Waals surface area (Å²) in [6, 6.07) is 6.92. The maximum Gasteiger partial charge on any atom is 0.333 e. The zero-order chi connectivity index (χ0) is 16.8. The van der Waals surface area contributed by atoms with Gasteiger partial charge in [-0.15, -0.1) is 0 Å². The van der Waals surface area contributed by atoms with Crippen molar-refractivity contribution in [2.75, 3.05) is 6.54 Å². The molecule has 4 amide bonds. The van der Waals surface area contributed by atoms with Crippen LogP contribution in [0.2, 0.25) is 5.02 Å². The minimum absolute atomic E-state index is 0.00105. The molecule has 5 nitrogen and oxygen atoms in total. The van der Waals surface area contributed by atoms with Crippen LogP contribution < -0.4 is 0 Å². The van der Waals surface area contributed by atoms with Gasteiger partial charge in [-0.25, -0.2) is 4.79 Å². The molecule has 0 aromatic heterocycles. The third-order valence-electron chi connectivity index (χ3n) is 5.57. The second kappa shape index (κ2) is 5.88. The van der Waals surface area contributed by atoms with Crippen LogP contribution in [0.1, 0.15) is 31.2 Å². The van der Waals surface area contributed by atoms with Gasteiger partial charge in [0.15, 0.2) is 0 Å². The van der Waals surface area contributed by atoms with E-state index < -0.39 is 6.03 Å². The number of hydrogen-bond acceptors (Lipinski definition) is 3. The van der Waals surface area contributed by atoms with Crippen LogP contribution in [0, 0.1) is 11.8 Å².